The lowest BCUT2D eigenvalue weighted by molar-refractivity contribution is -0.0928. The number of carbonyl (C=O) groups excluding carboxylic acids is 1. The zero-order valence-corrected chi connectivity index (χ0v) is 22.6. The number of amides is 1. The zero-order valence-electron chi connectivity index (χ0n) is 22.6. The molecule has 1 atom stereocenters. The Bertz CT molecular complexity index is 1010. The summed E-state index contributed by atoms with van der Waals surface area (Å²) in [5.41, 5.74) is 4.29. The molecule has 35 heavy (non-hydrogen) atoms. The van der Waals surface area contributed by atoms with Crippen LogP contribution < -0.4 is 0 Å². The normalized spacial score (nSPS) is 16.7. The highest BCUT2D eigenvalue weighted by Crippen LogP contribution is 2.36. The number of rotatable bonds is 7. The van der Waals surface area contributed by atoms with Crippen LogP contribution in [-0.4, -0.2) is 53.4 Å². The van der Waals surface area contributed by atoms with Crippen molar-refractivity contribution in [2.45, 2.75) is 85.0 Å². The van der Waals surface area contributed by atoms with Crippen LogP contribution in [0.3, 0.4) is 0 Å². The molecule has 1 saturated heterocycles. The number of likely N-dealkylation sites (tertiary alicyclic amines) is 1. The van der Waals surface area contributed by atoms with E-state index in [0.29, 0.717) is 26.3 Å². The molecule has 0 aliphatic carbocycles. The van der Waals surface area contributed by atoms with Crippen LogP contribution in [0.15, 0.2) is 24.4 Å². The molecule has 0 spiro atoms. The number of benzene rings is 1. The number of methoxy groups -OCH3 is 1. The van der Waals surface area contributed by atoms with E-state index < -0.39 is 11.2 Å². The van der Waals surface area contributed by atoms with Crippen LogP contribution in [0.5, 0.6) is 0 Å². The Hall–Kier alpha value is -2.51. The van der Waals surface area contributed by atoms with Crippen LogP contribution in [0, 0.1) is 20.8 Å². The van der Waals surface area contributed by atoms with Gasteiger partial charge in [-0.25, -0.2) is 14.8 Å². The van der Waals surface area contributed by atoms with Gasteiger partial charge < -0.3 is 19.1 Å². The van der Waals surface area contributed by atoms with Crippen LogP contribution >= 0.6 is 0 Å². The average molecular weight is 484 g/mol. The largest absolute Gasteiger partial charge is 0.444 e. The number of hydrogen-bond acceptors (Lipinski definition) is 6. The molecule has 1 aromatic carbocycles. The number of ether oxygens (including phenoxy) is 3. The molecule has 2 aromatic rings. The van der Waals surface area contributed by atoms with Gasteiger partial charge in [-0.2, -0.15) is 0 Å². The molecular formula is C28H41N3O4. The maximum Gasteiger partial charge on any atom is 0.410 e. The molecule has 1 amide bonds. The SMILES string of the molecule is COCC(C)(OCc1cc(C)cc(C)c1)c1cnc(C)nc1C1CCN(C(=O)OC(C)(C)C)CC1. The van der Waals surface area contributed by atoms with E-state index in [0.717, 1.165) is 35.5 Å². The number of nitrogens with zero attached hydrogens (tertiary/aromatic N) is 3. The summed E-state index contributed by atoms with van der Waals surface area (Å²) in [7, 11) is 1.69. The minimum absolute atomic E-state index is 0.200. The van der Waals surface area contributed by atoms with Crippen LogP contribution in [0.4, 0.5) is 4.79 Å². The average Bonchev–Trinajstić information content (AvgIpc) is 2.76. The second-order valence-corrected chi connectivity index (χ2v) is 10.9. The van der Waals surface area contributed by atoms with Gasteiger partial charge in [-0.3, -0.25) is 0 Å². The highest BCUT2D eigenvalue weighted by molar-refractivity contribution is 5.68. The number of hydrogen-bond donors (Lipinski definition) is 0. The smallest absolute Gasteiger partial charge is 0.410 e. The standard InChI is InChI=1S/C28H41N3O4/c1-19-13-20(2)15-22(14-19)17-34-28(7,18-33-8)24-16-29-21(3)30-25(24)23-9-11-31(12-10-23)26(32)35-27(4,5)6/h13-16,23H,9-12,17-18H2,1-8H3. The molecule has 3 rings (SSSR count). The topological polar surface area (TPSA) is 73.8 Å². The van der Waals surface area contributed by atoms with Crippen molar-refractivity contribution in [3.8, 4) is 0 Å². The molecule has 1 aliphatic heterocycles. The van der Waals surface area contributed by atoms with E-state index in [9.17, 15) is 4.79 Å². The minimum Gasteiger partial charge on any atom is -0.444 e. The summed E-state index contributed by atoms with van der Waals surface area (Å²) in [5, 5.41) is 0. The first-order valence-electron chi connectivity index (χ1n) is 12.4. The predicted octanol–water partition coefficient (Wildman–Crippen LogP) is 5.59. The third-order valence-electron chi connectivity index (χ3n) is 6.30. The highest BCUT2D eigenvalue weighted by atomic mass is 16.6. The van der Waals surface area contributed by atoms with Crippen LogP contribution in [0.2, 0.25) is 0 Å². The van der Waals surface area contributed by atoms with Gasteiger partial charge in [0.25, 0.3) is 0 Å². The van der Waals surface area contributed by atoms with E-state index in [1.165, 1.54) is 11.1 Å². The lowest BCUT2D eigenvalue weighted by atomic mass is 9.85. The van der Waals surface area contributed by atoms with Crippen molar-refractivity contribution in [3.05, 3.63) is 58.2 Å². The molecule has 1 aromatic heterocycles. The van der Waals surface area contributed by atoms with E-state index in [4.69, 9.17) is 19.2 Å². The van der Waals surface area contributed by atoms with Crippen molar-refractivity contribution >= 4 is 6.09 Å². The van der Waals surface area contributed by atoms with Crippen molar-refractivity contribution < 1.29 is 19.0 Å². The minimum atomic E-state index is -0.711. The van der Waals surface area contributed by atoms with E-state index >= 15 is 0 Å². The molecule has 1 fully saturated rings. The van der Waals surface area contributed by atoms with E-state index in [1.807, 2.05) is 40.8 Å². The third-order valence-corrected chi connectivity index (χ3v) is 6.30. The zero-order chi connectivity index (χ0) is 25.8. The van der Waals surface area contributed by atoms with Gasteiger partial charge in [-0.15, -0.1) is 0 Å². The van der Waals surface area contributed by atoms with Crippen molar-refractivity contribution in [3.63, 3.8) is 0 Å². The molecule has 0 saturated carbocycles. The van der Waals surface area contributed by atoms with Crippen LogP contribution in [-0.2, 0) is 26.4 Å². The van der Waals surface area contributed by atoms with E-state index in [-0.39, 0.29) is 12.0 Å². The molecular weight excluding hydrogens is 442 g/mol. The number of aromatic nitrogens is 2. The molecule has 7 nitrogen and oxygen atoms in total. The second-order valence-electron chi connectivity index (χ2n) is 10.9. The summed E-state index contributed by atoms with van der Waals surface area (Å²) >= 11 is 0. The van der Waals surface area contributed by atoms with E-state index in [1.54, 1.807) is 12.0 Å². The lowest BCUT2D eigenvalue weighted by Crippen LogP contribution is -2.42. The monoisotopic (exact) mass is 483 g/mol. The van der Waals surface area contributed by atoms with Gasteiger partial charge in [0.05, 0.1) is 18.9 Å². The number of piperidine rings is 1. The van der Waals surface area contributed by atoms with Gasteiger partial charge in [-0.1, -0.05) is 29.3 Å². The maximum absolute atomic E-state index is 12.5. The third kappa shape index (κ3) is 7.24. The molecule has 1 unspecified atom stereocenters. The number of carbonyl (C=O) groups is 1. The van der Waals surface area contributed by atoms with Gasteiger partial charge in [0, 0.05) is 37.9 Å². The summed E-state index contributed by atoms with van der Waals surface area (Å²) in [6.07, 6.45) is 3.25. The quantitative estimate of drug-likeness (QED) is 0.511. The summed E-state index contributed by atoms with van der Waals surface area (Å²) in [5.74, 6) is 0.929. The molecule has 7 heteroatoms. The fourth-order valence-corrected chi connectivity index (χ4v) is 4.74. The Morgan fingerprint density at radius 1 is 1.06 bits per heavy atom. The first kappa shape index (κ1) is 27.1. The molecule has 1 aliphatic rings. The van der Waals surface area contributed by atoms with E-state index in [2.05, 4.69) is 37.0 Å². The first-order valence-corrected chi connectivity index (χ1v) is 12.4. The van der Waals surface area contributed by atoms with Gasteiger partial charge in [-0.05, 0) is 66.9 Å². The second kappa shape index (κ2) is 11.0. The van der Waals surface area contributed by atoms with Crippen LogP contribution in [0.1, 0.15) is 80.2 Å². The van der Waals surface area contributed by atoms with Gasteiger partial charge in [0.1, 0.15) is 17.0 Å². The molecule has 0 N–H and O–H groups in total. The Labute approximate surface area is 210 Å². The van der Waals surface area contributed by atoms with Crippen molar-refractivity contribution in [1.82, 2.24) is 14.9 Å². The van der Waals surface area contributed by atoms with Crippen molar-refractivity contribution in [2.24, 2.45) is 0 Å². The Morgan fingerprint density at radius 3 is 2.26 bits per heavy atom. The van der Waals surface area contributed by atoms with Crippen molar-refractivity contribution in [1.29, 1.82) is 0 Å². The maximum atomic E-state index is 12.5. The summed E-state index contributed by atoms with van der Waals surface area (Å²) in [4.78, 5) is 23.7. The van der Waals surface area contributed by atoms with Gasteiger partial charge >= 0.3 is 6.09 Å². The summed E-state index contributed by atoms with van der Waals surface area (Å²) in [6, 6.07) is 6.46. The first-order chi connectivity index (χ1) is 16.4. The fraction of sp³-hybridized carbons (Fsp3) is 0.607. The summed E-state index contributed by atoms with van der Waals surface area (Å²) in [6.45, 7) is 15.9. The fourth-order valence-electron chi connectivity index (χ4n) is 4.74. The highest BCUT2D eigenvalue weighted by Gasteiger charge is 2.36. The molecule has 2 heterocycles. The Balaban J connectivity index is 1.82. The number of aryl methyl sites for hydroxylation is 3. The molecule has 0 bridgehead atoms. The lowest BCUT2D eigenvalue weighted by Gasteiger charge is -2.36. The Kier molecular flexibility index (Phi) is 8.54. The molecule has 0 radical (unpaired) electrons. The predicted molar refractivity (Wildman–Crippen MR) is 136 cm³/mol. The summed E-state index contributed by atoms with van der Waals surface area (Å²) < 4.78 is 17.7. The molecule has 192 valence electrons. The Morgan fingerprint density at radius 2 is 1.69 bits per heavy atom. The van der Waals surface area contributed by atoms with Crippen LogP contribution in [0.25, 0.3) is 0 Å². The van der Waals surface area contributed by atoms with Crippen molar-refractivity contribution in [2.75, 3.05) is 26.8 Å². The van der Waals surface area contributed by atoms with Gasteiger partial charge in [0.15, 0.2) is 0 Å². The van der Waals surface area contributed by atoms with Gasteiger partial charge in [0.2, 0.25) is 0 Å².